The van der Waals surface area contributed by atoms with Crippen LogP contribution in [0.25, 0.3) is 0 Å². The number of hydrogen-bond acceptors (Lipinski definition) is 6. The largest absolute Gasteiger partial charge is 0.462 e. The van der Waals surface area contributed by atoms with Gasteiger partial charge in [0.2, 0.25) is 0 Å². The zero-order valence-electron chi connectivity index (χ0n) is 55.5. The molecule has 0 aliphatic heterocycles. The van der Waals surface area contributed by atoms with Crippen molar-refractivity contribution in [2.75, 3.05) is 13.2 Å². The van der Waals surface area contributed by atoms with E-state index in [0.29, 0.717) is 19.3 Å². The summed E-state index contributed by atoms with van der Waals surface area (Å²) in [5, 5.41) is 0. The van der Waals surface area contributed by atoms with Crippen molar-refractivity contribution >= 4 is 17.9 Å². The van der Waals surface area contributed by atoms with Crippen LogP contribution in [0, 0.1) is 0 Å². The number of ether oxygens (including phenoxy) is 3. The normalized spacial score (nSPS) is 12.2. The van der Waals surface area contributed by atoms with Crippen LogP contribution in [0.2, 0.25) is 0 Å². The van der Waals surface area contributed by atoms with Crippen molar-refractivity contribution in [3.8, 4) is 0 Å². The van der Waals surface area contributed by atoms with Crippen LogP contribution in [0.4, 0.5) is 0 Å². The van der Waals surface area contributed by atoms with Gasteiger partial charge < -0.3 is 14.2 Å². The number of carbonyl (C=O) groups is 3. The summed E-state index contributed by atoms with van der Waals surface area (Å²) in [6.45, 7) is 6.71. The Balaban J connectivity index is 4.28. The van der Waals surface area contributed by atoms with Crippen molar-refractivity contribution < 1.29 is 28.6 Å². The molecule has 0 fully saturated rings. The Bertz CT molecular complexity index is 1370. The van der Waals surface area contributed by atoms with E-state index in [1.807, 2.05) is 0 Å². The minimum atomic E-state index is -0.775. The molecule has 0 aliphatic carbocycles. The molecule has 0 aliphatic rings. The maximum absolute atomic E-state index is 13.0. The van der Waals surface area contributed by atoms with Crippen molar-refractivity contribution in [1.29, 1.82) is 0 Å². The topological polar surface area (TPSA) is 78.9 Å². The van der Waals surface area contributed by atoms with Gasteiger partial charge in [0.25, 0.3) is 0 Å². The summed E-state index contributed by atoms with van der Waals surface area (Å²) in [7, 11) is 0. The van der Waals surface area contributed by atoms with Crippen LogP contribution in [0.3, 0.4) is 0 Å². The molecule has 0 radical (unpaired) electrons. The van der Waals surface area contributed by atoms with Gasteiger partial charge >= 0.3 is 17.9 Å². The number of unbranched alkanes of at least 4 members (excludes halogenated alkanes) is 52. The standard InChI is InChI=1S/C76H142O6/c1-4-7-10-13-16-19-22-25-28-31-33-35-37-38-40-41-43-45-48-51-54-57-60-63-66-69-75(78)81-72-73(71-80-74(77)68-65-62-59-56-53-50-47-30-27-24-21-18-15-12-9-6-3)82-76(79)70-67-64-61-58-55-52-49-46-44-42-39-36-34-32-29-26-23-20-17-14-11-8-5-2/h23,26,32,34,39,42,73H,4-22,24-25,27-31,33,35-38,40-41,43-72H2,1-3H3/b26-23-,34-32-,42-39-. The molecule has 6 heteroatoms. The summed E-state index contributed by atoms with van der Waals surface area (Å²) in [6, 6.07) is 0. The third-order valence-corrected chi connectivity index (χ3v) is 16.9. The molecule has 0 aromatic heterocycles. The zero-order valence-corrected chi connectivity index (χ0v) is 55.5. The van der Waals surface area contributed by atoms with E-state index in [-0.39, 0.29) is 31.1 Å². The van der Waals surface area contributed by atoms with Gasteiger partial charge in [-0.3, -0.25) is 14.4 Å². The molecule has 0 saturated carbocycles. The van der Waals surface area contributed by atoms with E-state index in [4.69, 9.17) is 14.2 Å². The van der Waals surface area contributed by atoms with Gasteiger partial charge in [-0.2, -0.15) is 0 Å². The fourth-order valence-electron chi connectivity index (χ4n) is 11.3. The van der Waals surface area contributed by atoms with Crippen molar-refractivity contribution in [2.45, 2.75) is 419 Å². The molecular weight excluding hydrogens is 1010 g/mol. The first kappa shape index (κ1) is 79.6. The average molecular weight is 1150 g/mol. The van der Waals surface area contributed by atoms with Crippen LogP contribution < -0.4 is 0 Å². The molecule has 0 N–H and O–H groups in total. The van der Waals surface area contributed by atoms with E-state index in [9.17, 15) is 14.4 Å². The van der Waals surface area contributed by atoms with E-state index < -0.39 is 6.10 Å². The van der Waals surface area contributed by atoms with E-state index in [1.54, 1.807) is 0 Å². The Morgan fingerprint density at radius 1 is 0.244 bits per heavy atom. The molecule has 0 heterocycles. The highest BCUT2D eigenvalue weighted by molar-refractivity contribution is 5.71. The molecule has 482 valence electrons. The van der Waals surface area contributed by atoms with Gasteiger partial charge in [-0.1, -0.05) is 372 Å². The molecule has 6 nitrogen and oxygen atoms in total. The Labute approximate surface area is 512 Å². The van der Waals surface area contributed by atoms with Crippen LogP contribution in [0.1, 0.15) is 412 Å². The molecule has 0 aromatic carbocycles. The lowest BCUT2D eigenvalue weighted by atomic mass is 10.0. The summed E-state index contributed by atoms with van der Waals surface area (Å²) in [5.41, 5.74) is 0. The number of esters is 3. The minimum Gasteiger partial charge on any atom is -0.462 e. The Morgan fingerprint density at radius 2 is 0.439 bits per heavy atom. The third-order valence-electron chi connectivity index (χ3n) is 16.9. The van der Waals surface area contributed by atoms with Crippen molar-refractivity contribution in [3.63, 3.8) is 0 Å². The van der Waals surface area contributed by atoms with Gasteiger partial charge in [0.15, 0.2) is 6.10 Å². The second-order valence-corrected chi connectivity index (χ2v) is 25.2. The van der Waals surface area contributed by atoms with Gasteiger partial charge in [-0.25, -0.2) is 0 Å². The number of hydrogen-bond donors (Lipinski definition) is 0. The first-order valence-electron chi connectivity index (χ1n) is 37.0. The van der Waals surface area contributed by atoms with Crippen molar-refractivity contribution in [2.24, 2.45) is 0 Å². The summed E-state index contributed by atoms with van der Waals surface area (Å²) < 4.78 is 17.0. The zero-order chi connectivity index (χ0) is 59.2. The SMILES string of the molecule is CCCCCCC/C=C\C/C=C\C/C=C\CCCCCCCCCCC(=O)OC(COC(=O)CCCCCCCCCCCCCCCCCC)COC(=O)CCCCCCCCCCCCCCCCCCCCCCCCCCC. The number of rotatable bonds is 69. The molecule has 0 saturated heterocycles. The lowest BCUT2D eigenvalue weighted by Crippen LogP contribution is -2.30. The smallest absolute Gasteiger partial charge is 0.306 e. The summed E-state index contributed by atoms with van der Waals surface area (Å²) in [6.07, 6.45) is 88.9. The maximum Gasteiger partial charge on any atom is 0.306 e. The quantitative estimate of drug-likeness (QED) is 0.0261. The van der Waals surface area contributed by atoms with Crippen molar-refractivity contribution in [1.82, 2.24) is 0 Å². The van der Waals surface area contributed by atoms with E-state index in [1.165, 1.54) is 295 Å². The van der Waals surface area contributed by atoms with E-state index in [2.05, 4.69) is 57.2 Å². The molecule has 0 bridgehead atoms. The summed E-state index contributed by atoms with van der Waals surface area (Å²) in [4.78, 5) is 38.5. The first-order valence-corrected chi connectivity index (χ1v) is 37.0. The average Bonchev–Trinajstić information content (AvgIpc) is 3.47. The summed E-state index contributed by atoms with van der Waals surface area (Å²) >= 11 is 0. The van der Waals surface area contributed by atoms with Gasteiger partial charge in [-0.15, -0.1) is 0 Å². The second-order valence-electron chi connectivity index (χ2n) is 25.2. The van der Waals surface area contributed by atoms with Gasteiger partial charge in [0, 0.05) is 19.3 Å². The van der Waals surface area contributed by atoms with Crippen LogP contribution in [-0.2, 0) is 28.6 Å². The fourth-order valence-corrected chi connectivity index (χ4v) is 11.3. The van der Waals surface area contributed by atoms with Crippen LogP contribution >= 0.6 is 0 Å². The molecule has 1 atom stereocenters. The highest BCUT2D eigenvalue weighted by atomic mass is 16.6. The van der Waals surface area contributed by atoms with E-state index in [0.717, 1.165) is 77.0 Å². The van der Waals surface area contributed by atoms with Crippen LogP contribution in [0.15, 0.2) is 36.5 Å². The Hall–Kier alpha value is -2.37. The highest BCUT2D eigenvalue weighted by Crippen LogP contribution is 2.19. The Morgan fingerprint density at radius 3 is 0.683 bits per heavy atom. The molecule has 0 spiro atoms. The second kappa shape index (κ2) is 71.1. The molecule has 0 aromatic rings. The predicted octanol–water partition coefficient (Wildman–Crippen LogP) is 25.5. The molecule has 0 amide bonds. The van der Waals surface area contributed by atoms with Crippen LogP contribution in [-0.4, -0.2) is 37.2 Å². The highest BCUT2D eigenvalue weighted by Gasteiger charge is 2.20. The van der Waals surface area contributed by atoms with Crippen LogP contribution in [0.5, 0.6) is 0 Å². The van der Waals surface area contributed by atoms with Gasteiger partial charge in [0.1, 0.15) is 13.2 Å². The van der Waals surface area contributed by atoms with E-state index >= 15 is 0 Å². The first-order chi connectivity index (χ1) is 40.5. The van der Waals surface area contributed by atoms with Crippen molar-refractivity contribution in [3.05, 3.63) is 36.5 Å². The Kier molecular flexibility index (Phi) is 69.1. The molecule has 82 heavy (non-hydrogen) atoms. The lowest BCUT2D eigenvalue weighted by Gasteiger charge is -2.18. The lowest BCUT2D eigenvalue weighted by molar-refractivity contribution is -0.167. The monoisotopic (exact) mass is 1150 g/mol. The molecule has 0 rings (SSSR count). The maximum atomic E-state index is 13.0. The third kappa shape index (κ3) is 68.4. The molecule has 1 unspecified atom stereocenters. The number of carbonyl (C=O) groups excluding carboxylic acids is 3. The fraction of sp³-hybridized carbons (Fsp3) is 0.882. The minimum absolute atomic E-state index is 0.0691. The van der Waals surface area contributed by atoms with Gasteiger partial charge in [0.05, 0.1) is 0 Å². The van der Waals surface area contributed by atoms with Gasteiger partial charge in [-0.05, 0) is 57.8 Å². The number of allylic oxidation sites excluding steroid dienone is 6. The molecular formula is C76H142O6. The predicted molar refractivity (Wildman–Crippen MR) is 358 cm³/mol. The summed E-state index contributed by atoms with van der Waals surface area (Å²) in [5.74, 6) is -0.842.